The van der Waals surface area contributed by atoms with Crippen LogP contribution in [0.1, 0.15) is 5.56 Å². The van der Waals surface area contributed by atoms with Gasteiger partial charge in [0.1, 0.15) is 5.75 Å². The summed E-state index contributed by atoms with van der Waals surface area (Å²) in [5.74, 6) is 0.231. The average Bonchev–Trinajstić information content (AvgIpc) is 2.82. The summed E-state index contributed by atoms with van der Waals surface area (Å²) in [7, 11) is 1.54. The molecule has 0 spiro atoms. The molecule has 2 aromatic carbocycles. The zero-order valence-corrected chi connectivity index (χ0v) is 13.7. The molecule has 0 aliphatic carbocycles. The molecule has 0 bridgehead atoms. The number of para-hydroxylation sites is 1. The Bertz CT molecular complexity index is 805. The van der Waals surface area contributed by atoms with Crippen LogP contribution in [-0.2, 0) is 4.79 Å². The van der Waals surface area contributed by atoms with Crippen molar-refractivity contribution in [3.8, 4) is 5.75 Å². The van der Waals surface area contributed by atoms with Gasteiger partial charge < -0.3 is 4.74 Å². The van der Waals surface area contributed by atoms with Crippen molar-refractivity contribution >= 4 is 46.3 Å². The smallest absolute Gasteiger partial charge is 0.298 e. The number of nitrogens with zero attached hydrogens (tertiary/aromatic N) is 1. The van der Waals surface area contributed by atoms with Gasteiger partial charge in [-0.05, 0) is 48.2 Å². The van der Waals surface area contributed by atoms with Crippen LogP contribution in [-0.4, -0.2) is 18.3 Å². The van der Waals surface area contributed by atoms with Gasteiger partial charge in [-0.3, -0.25) is 9.59 Å². The van der Waals surface area contributed by atoms with E-state index >= 15 is 0 Å². The molecule has 23 heavy (non-hydrogen) atoms. The lowest BCUT2D eigenvalue weighted by Gasteiger charge is -2.11. The Balaban J connectivity index is 1.98. The Morgan fingerprint density at radius 3 is 2.57 bits per heavy atom. The molecule has 1 aliphatic rings. The van der Waals surface area contributed by atoms with Crippen LogP contribution in [0.25, 0.3) is 6.08 Å². The van der Waals surface area contributed by atoms with Gasteiger partial charge in [0.15, 0.2) is 0 Å². The van der Waals surface area contributed by atoms with Crippen molar-refractivity contribution in [2.75, 3.05) is 12.0 Å². The fourth-order valence-corrected chi connectivity index (χ4v) is 3.24. The van der Waals surface area contributed by atoms with Crippen LogP contribution in [0.5, 0.6) is 5.75 Å². The third-order valence-electron chi connectivity index (χ3n) is 3.29. The molecule has 0 N–H and O–H groups in total. The molecular formula is C17H12ClNO3S. The first-order valence-electron chi connectivity index (χ1n) is 6.76. The molecule has 0 atom stereocenters. The molecule has 0 aromatic heterocycles. The number of imide groups is 1. The minimum Gasteiger partial charge on any atom is -0.496 e. The third kappa shape index (κ3) is 3.11. The lowest BCUT2D eigenvalue weighted by molar-refractivity contribution is -0.113. The van der Waals surface area contributed by atoms with E-state index in [2.05, 4.69) is 0 Å². The molecule has 0 radical (unpaired) electrons. The molecule has 1 saturated heterocycles. The van der Waals surface area contributed by atoms with Crippen LogP contribution in [0, 0.1) is 0 Å². The highest BCUT2D eigenvalue weighted by molar-refractivity contribution is 8.19. The number of anilines is 1. The number of carbonyl (C=O) groups is 2. The fourth-order valence-electron chi connectivity index (χ4n) is 2.23. The maximum Gasteiger partial charge on any atom is 0.298 e. The quantitative estimate of drug-likeness (QED) is 0.763. The van der Waals surface area contributed by atoms with Gasteiger partial charge in [-0.2, -0.15) is 0 Å². The number of hydrogen-bond acceptors (Lipinski definition) is 4. The number of ether oxygens (including phenoxy) is 1. The molecule has 1 aliphatic heterocycles. The predicted octanol–water partition coefficient (Wildman–Crippen LogP) is 4.59. The Labute approximate surface area is 142 Å². The zero-order valence-electron chi connectivity index (χ0n) is 12.2. The first-order chi connectivity index (χ1) is 11.1. The molecule has 2 amide bonds. The highest BCUT2D eigenvalue weighted by Gasteiger charge is 2.36. The summed E-state index contributed by atoms with van der Waals surface area (Å²) in [6.45, 7) is 0. The number of halogens is 1. The van der Waals surface area contributed by atoms with Crippen molar-refractivity contribution < 1.29 is 14.3 Å². The van der Waals surface area contributed by atoms with E-state index in [1.54, 1.807) is 48.5 Å². The van der Waals surface area contributed by atoms with Gasteiger partial charge in [-0.15, -0.1) is 0 Å². The normalized spacial score (nSPS) is 16.3. The van der Waals surface area contributed by atoms with Crippen LogP contribution in [0.15, 0.2) is 53.4 Å². The number of carbonyl (C=O) groups excluding carboxylic acids is 2. The van der Waals surface area contributed by atoms with Crippen molar-refractivity contribution in [3.05, 3.63) is 64.0 Å². The van der Waals surface area contributed by atoms with E-state index in [4.69, 9.17) is 16.3 Å². The van der Waals surface area contributed by atoms with Crippen molar-refractivity contribution in [2.24, 2.45) is 0 Å². The molecule has 0 unspecified atom stereocenters. The summed E-state index contributed by atoms with van der Waals surface area (Å²) in [6, 6.07) is 13.9. The summed E-state index contributed by atoms with van der Waals surface area (Å²) in [6.07, 6.45) is 1.62. The van der Waals surface area contributed by atoms with Gasteiger partial charge in [-0.1, -0.05) is 29.8 Å². The van der Waals surface area contributed by atoms with Crippen molar-refractivity contribution in [3.63, 3.8) is 0 Å². The van der Waals surface area contributed by atoms with Crippen molar-refractivity contribution in [1.29, 1.82) is 0 Å². The molecule has 0 saturated carbocycles. The van der Waals surface area contributed by atoms with Gasteiger partial charge >= 0.3 is 0 Å². The second kappa shape index (κ2) is 6.48. The number of thioether (sulfide) groups is 1. The van der Waals surface area contributed by atoms with Gasteiger partial charge in [-0.25, -0.2) is 4.90 Å². The van der Waals surface area contributed by atoms with Crippen LogP contribution in [0.3, 0.4) is 0 Å². The largest absolute Gasteiger partial charge is 0.496 e. The SMILES string of the molecule is COc1ccc(Cl)cc1/C=C1\SC(=O)N(c2ccccc2)C1=O. The molecule has 6 heteroatoms. The Morgan fingerprint density at radius 2 is 1.87 bits per heavy atom. The topological polar surface area (TPSA) is 46.6 Å². The van der Waals surface area contributed by atoms with Gasteiger partial charge in [0, 0.05) is 10.6 Å². The van der Waals surface area contributed by atoms with Crippen LogP contribution in [0.4, 0.5) is 10.5 Å². The Morgan fingerprint density at radius 1 is 1.13 bits per heavy atom. The molecular weight excluding hydrogens is 334 g/mol. The van der Waals surface area contributed by atoms with Gasteiger partial charge in [0.05, 0.1) is 17.7 Å². The Kier molecular flexibility index (Phi) is 4.41. The van der Waals surface area contributed by atoms with Crippen molar-refractivity contribution in [2.45, 2.75) is 0 Å². The second-order valence-corrected chi connectivity index (χ2v) is 6.17. The second-order valence-electron chi connectivity index (χ2n) is 4.74. The van der Waals surface area contributed by atoms with E-state index in [0.29, 0.717) is 26.9 Å². The lowest BCUT2D eigenvalue weighted by atomic mass is 10.2. The van der Waals surface area contributed by atoms with Crippen LogP contribution < -0.4 is 9.64 Å². The van der Waals surface area contributed by atoms with E-state index in [0.717, 1.165) is 16.7 Å². The molecule has 3 rings (SSSR count). The van der Waals surface area contributed by atoms with Crippen LogP contribution >= 0.6 is 23.4 Å². The van der Waals surface area contributed by atoms with E-state index in [1.807, 2.05) is 6.07 Å². The van der Waals surface area contributed by atoms with E-state index in [-0.39, 0.29) is 11.1 Å². The molecule has 1 fully saturated rings. The maximum absolute atomic E-state index is 12.5. The maximum atomic E-state index is 12.5. The summed E-state index contributed by atoms with van der Waals surface area (Å²) in [5, 5.41) is 0.202. The van der Waals surface area contributed by atoms with E-state index in [1.165, 1.54) is 7.11 Å². The summed E-state index contributed by atoms with van der Waals surface area (Å²) in [5.41, 5.74) is 1.20. The van der Waals surface area contributed by atoms with Crippen LogP contribution in [0.2, 0.25) is 5.02 Å². The summed E-state index contributed by atoms with van der Waals surface area (Å²) < 4.78 is 5.26. The number of benzene rings is 2. The van der Waals surface area contributed by atoms with Gasteiger partial charge in [0.2, 0.25) is 0 Å². The first kappa shape index (κ1) is 15.6. The Hall–Kier alpha value is -2.24. The monoisotopic (exact) mass is 345 g/mol. The molecule has 4 nitrogen and oxygen atoms in total. The molecule has 1 heterocycles. The molecule has 2 aromatic rings. The summed E-state index contributed by atoms with van der Waals surface area (Å²) in [4.78, 5) is 26.2. The zero-order chi connectivity index (χ0) is 16.4. The third-order valence-corrected chi connectivity index (χ3v) is 4.39. The highest BCUT2D eigenvalue weighted by Crippen LogP contribution is 2.37. The van der Waals surface area contributed by atoms with E-state index < -0.39 is 0 Å². The number of amides is 2. The number of rotatable bonds is 3. The van der Waals surface area contributed by atoms with E-state index in [9.17, 15) is 9.59 Å². The number of methoxy groups -OCH3 is 1. The van der Waals surface area contributed by atoms with Gasteiger partial charge in [0.25, 0.3) is 11.1 Å². The fraction of sp³-hybridized carbons (Fsp3) is 0.0588. The standard InChI is InChI=1S/C17H12ClNO3S/c1-22-14-8-7-12(18)9-11(14)10-15-16(20)19(17(21)23-15)13-5-3-2-4-6-13/h2-10H,1H3/b15-10-. The first-order valence-corrected chi connectivity index (χ1v) is 7.96. The predicted molar refractivity (Wildman–Crippen MR) is 92.9 cm³/mol. The average molecular weight is 346 g/mol. The highest BCUT2D eigenvalue weighted by atomic mass is 35.5. The minimum absolute atomic E-state index is 0.326. The summed E-state index contributed by atoms with van der Waals surface area (Å²) >= 11 is 6.89. The minimum atomic E-state index is -0.353. The molecule has 116 valence electrons. The lowest BCUT2D eigenvalue weighted by Crippen LogP contribution is -2.27. The van der Waals surface area contributed by atoms with Crippen molar-refractivity contribution in [1.82, 2.24) is 0 Å². The number of hydrogen-bond donors (Lipinski definition) is 0.